The molecule has 1 saturated carbocycles. The van der Waals surface area contributed by atoms with Gasteiger partial charge in [0.2, 0.25) is 0 Å². The molecule has 2 fully saturated rings. The summed E-state index contributed by atoms with van der Waals surface area (Å²) in [6.07, 6.45) is 5.10. The van der Waals surface area contributed by atoms with E-state index in [2.05, 4.69) is 33.9 Å². The van der Waals surface area contributed by atoms with Gasteiger partial charge in [-0.3, -0.25) is 0 Å². The molecule has 0 radical (unpaired) electrons. The quantitative estimate of drug-likeness (QED) is 0.534. The molecule has 0 aromatic carbocycles. The maximum Gasteiger partial charge on any atom is 0.192 e. The van der Waals surface area contributed by atoms with Crippen LogP contribution in [0.15, 0.2) is 0 Å². The van der Waals surface area contributed by atoms with Crippen molar-refractivity contribution < 1.29 is 9.16 Å². The highest BCUT2D eigenvalue weighted by molar-refractivity contribution is 6.74. The minimum Gasteiger partial charge on any atom is -0.411 e. The summed E-state index contributed by atoms with van der Waals surface area (Å²) < 4.78 is 12.1. The zero-order chi connectivity index (χ0) is 11.3. The van der Waals surface area contributed by atoms with Gasteiger partial charge in [0.05, 0.1) is 12.2 Å². The Bertz CT molecular complexity index is 244. The number of ether oxygens (including phenoxy) is 1. The molecule has 0 N–H and O–H groups in total. The number of epoxide rings is 1. The first-order valence-corrected chi connectivity index (χ1v) is 9.05. The van der Waals surface area contributed by atoms with E-state index in [4.69, 9.17) is 9.16 Å². The molecule has 0 bridgehead atoms. The van der Waals surface area contributed by atoms with Crippen molar-refractivity contribution in [2.75, 3.05) is 0 Å². The highest BCUT2D eigenvalue weighted by atomic mass is 28.4. The van der Waals surface area contributed by atoms with Crippen molar-refractivity contribution >= 4 is 8.32 Å². The van der Waals surface area contributed by atoms with Crippen LogP contribution in [0, 0.1) is 0 Å². The molecule has 1 heterocycles. The summed E-state index contributed by atoms with van der Waals surface area (Å²) in [6, 6.07) is 0. The van der Waals surface area contributed by atoms with Gasteiger partial charge < -0.3 is 9.16 Å². The average molecular weight is 228 g/mol. The smallest absolute Gasteiger partial charge is 0.192 e. The molecule has 15 heavy (non-hydrogen) atoms. The van der Waals surface area contributed by atoms with Gasteiger partial charge in [-0.1, -0.05) is 20.8 Å². The number of hydrogen-bond acceptors (Lipinski definition) is 2. The molecule has 3 atom stereocenters. The fourth-order valence-corrected chi connectivity index (χ4v) is 3.44. The van der Waals surface area contributed by atoms with Crippen LogP contribution in [0.4, 0.5) is 0 Å². The molecule has 3 heteroatoms. The monoisotopic (exact) mass is 228 g/mol. The fraction of sp³-hybridized carbons (Fsp3) is 1.00. The third-order valence-electron chi connectivity index (χ3n) is 4.22. The van der Waals surface area contributed by atoms with Gasteiger partial charge in [-0.15, -0.1) is 0 Å². The van der Waals surface area contributed by atoms with E-state index in [1.54, 1.807) is 0 Å². The van der Waals surface area contributed by atoms with Crippen molar-refractivity contribution in [3.63, 3.8) is 0 Å². The summed E-state index contributed by atoms with van der Waals surface area (Å²) in [5.41, 5.74) is 0. The SMILES string of the molecule is CC(C)(C)[Si](C)(C)OC1CCC[C@H]2O[C@@H]12. The van der Waals surface area contributed by atoms with E-state index in [1.807, 2.05) is 0 Å². The first-order valence-electron chi connectivity index (χ1n) is 6.14. The molecular weight excluding hydrogens is 204 g/mol. The van der Waals surface area contributed by atoms with Gasteiger partial charge in [0.15, 0.2) is 8.32 Å². The Morgan fingerprint density at radius 1 is 1.20 bits per heavy atom. The summed E-state index contributed by atoms with van der Waals surface area (Å²) in [5.74, 6) is 0. The molecule has 1 aliphatic carbocycles. The lowest BCUT2D eigenvalue weighted by atomic mass is 9.98. The van der Waals surface area contributed by atoms with Crippen LogP contribution in [0.2, 0.25) is 18.1 Å². The Hall–Kier alpha value is 0.137. The minimum atomic E-state index is -1.59. The van der Waals surface area contributed by atoms with Crippen molar-refractivity contribution in [3.8, 4) is 0 Å². The van der Waals surface area contributed by atoms with Gasteiger partial charge in [0, 0.05) is 0 Å². The number of hydrogen-bond donors (Lipinski definition) is 0. The predicted octanol–water partition coefficient (Wildman–Crippen LogP) is 3.33. The normalized spacial score (nSPS) is 36.2. The minimum absolute atomic E-state index is 0.314. The molecule has 88 valence electrons. The van der Waals surface area contributed by atoms with Crippen LogP contribution in [0.3, 0.4) is 0 Å². The second-order valence-electron chi connectivity index (χ2n) is 6.49. The highest BCUT2D eigenvalue weighted by Gasteiger charge is 2.51. The van der Waals surface area contributed by atoms with Gasteiger partial charge in [-0.2, -0.15) is 0 Å². The van der Waals surface area contributed by atoms with E-state index in [1.165, 1.54) is 19.3 Å². The van der Waals surface area contributed by atoms with Crippen LogP contribution in [0.1, 0.15) is 40.0 Å². The van der Waals surface area contributed by atoms with Crippen LogP contribution in [0.25, 0.3) is 0 Å². The van der Waals surface area contributed by atoms with Crippen LogP contribution >= 0.6 is 0 Å². The van der Waals surface area contributed by atoms with Crippen LogP contribution in [0.5, 0.6) is 0 Å². The largest absolute Gasteiger partial charge is 0.411 e. The molecule has 0 spiro atoms. The topological polar surface area (TPSA) is 21.8 Å². The van der Waals surface area contributed by atoms with Gasteiger partial charge in [-0.05, 0) is 37.4 Å². The van der Waals surface area contributed by atoms with E-state index < -0.39 is 8.32 Å². The Balaban J connectivity index is 1.96. The van der Waals surface area contributed by atoms with Crippen molar-refractivity contribution in [1.82, 2.24) is 0 Å². The molecule has 2 aliphatic rings. The molecule has 2 rings (SSSR count). The molecule has 0 amide bonds. The van der Waals surface area contributed by atoms with Crippen molar-refractivity contribution in [3.05, 3.63) is 0 Å². The molecule has 2 nitrogen and oxygen atoms in total. The van der Waals surface area contributed by atoms with Gasteiger partial charge >= 0.3 is 0 Å². The van der Waals surface area contributed by atoms with Crippen LogP contribution in [-0.2, 0) is 9.16 Å². The van der Waals surface area contributed by atoms with Gasteiger partial charge in [0.25, 0.3) is 0 Å². The third-order valence-corrected chi connectivity index (χ3v) is 8.72. The lowest BCUT2D eigenvalue weighted by Gasteiger charge is -2.39. The number of fused-ring (bicyclic) bond motifs is 1. The lowest BCUT2D eigenvalue weighted by Crippen LogP contribution is -2.46. The Labute approximate surface area is 94.5 Å². The summed E-state index contributed by atoms with van der Waals surface area (Å²) in [5, 5.41) is 0.314. The van der Waals surface area contributed by atoms with Crippen molar-refractivity contribution in [1.29, 1.82) is 0 Å². The average Bonchev–Trinajstić information content (AvgIpc) is 2.80. The molecule has 0 aromatic heterocycles. The molecular formula is C12H24O2Si. The zero-order valence-corrected chi connectivity index (χ0v) is 11.7. The van der Waals surface area contributed by atoms with E-state index in [0.29, 0.717) is 23.4 Å². The Morgan fingerprint density at radius 2 is 1.87 bits per heavy atom. The number of rotatable bonds is 2. The maximum absolute atomic E-state index is 6.41. The predicted molar refractivity (Wildman–Crippen MR) is 64.6 cm³/mol. The molecule has 0 aromatic rings. The van der Waals surface area contributed by atoms with Gasteiger partial charge in [0.1, 0.15) is 6.10 Å². The molecule has 1 aliphatic heterocycles. The summed E-state index contributed by atoms with van der Waals surface area (Å²) >= 11 is 0. The fourth-order valence-electron chi connectivity index (χ4n) is 2.08. The van der Waals surface area contributed by atoms with Crippen LogP contribution < -0.4 is 0 Å². The second kappa shape index (κ2) is 3.57. The maximum atomic E-state index is 6.41. The summed E-state index contributed by atoms with van der Waals surface area (Å²) in [4.78, 5) is 0. The van der Waals surface area contributed by atoms with Crippen molar-refractivity contribution in [2.24, 2.45) is 0 Å². The standard InChI is InChI=1S/C12H24O2Si/c1-12(2,3)15(4,5)14-10-8-6-7-9-11(10)13-9/h9-11H,6-8H2,1-5H3/t9-,10?,11-/m1/s1. The van der Waals surface area contributed by atoms with Crippen molar-refractivity contribution in [2.45, 2.75) is 76.5 Å². The van der Waals surface area contributed by atoms with E-state index in [0.717, 1.165) is 0 Å². The molecule has 1 unspecified atom stereocenters. The van der Waals surface area contributed by atoms with Gasteiger partial charge in [-0.25, -0.2) is 0 Å². The third kappa shape index (κ3) is 2.29. The van der Waals surface area contributed by atoms with Crippen LogP contribution in [-0.4, -0.2) is 26.6 Å². The van der Waals surface area contributed by atoms with E-state index in [-0.39, 0.29) is 0 Å². The Kier molecular flexibility index (Phi) is 2.77. The highest BCUT2D eigenvalue weighted by Crippen LogP contribution is 2.43. The van der Waals surface area contributed by atoms with E-state index in [9.17, 15) is 0 Å². The first kappa shape index (κ1) is 11.6. The summed E-state index contributed by atoms with van der Waals surface area (Å²) in [6.45, 7) is 11.6. The lowest BCUT2D eigenvalue weighted by molar-refractivity contribution is 0.132. The second-order valence-corrected chi connectivity index (χ2v) is 11.2. The summed E-state index contributed by atoms with van der Waals surface area (Å²) in [7, 11) is -1.59. The zero-order valence-electron chi connectivity index (χ0n) is 10.7. The Morgan fingerprint density at radius 3 is 2.47 bits per heavy atom. The molecule has 1 saturated heterocycles. The first-order chi connectivity index (χ1) is 6.81. The van der Waals surface area contributed by atoms with E-state index >= 15 is 0 Å².